The van der Waals surface area contributed by atoms with Crippen LogP contribution in [-0.2, 0) is 9.53 Å². The molecule has 0 saturated heterocycles. The Bertz CT molecular complexity index is 389. The number of hydrogen-bond acceptors (Lipinski definition) is 5. The van der Waals surface area contributed by atoms with Crippen LogP contribution in [0.15, 0.2) is 0 Å². The Balaban J connectivity index is 4.04. The van der Waals surface area contributed by atoms with E-state index in [2.05, 4.69) is 4.90 Å². The van der Waals surface area contributed by atoms with Crippen LogP contribution in [0.1, 0.15) is 116 Å². The molecule has 5 nitrogen and oxygen atoms in total. The lowest BCUT2D eigenvalue weighted by Gasteiger charge is -2.18. The summed E-state index contributed by atoms with van der Waals surface area (Å²) in [4.78, 5) is 14.3. The van der Waals surface area contributed by atoms with Crippen molar-refractivity contribution >= 4 is 18.4 Å². The Hall–Kier alpha value is -1.23. The van der Waals surface area contributed by atoms with Gasteiger partial charge in [0.05, 0.1) is 0 Å². The highest BCUT2D eigenvalue weighted by atomic mass is 16.5. The molecular formula is C25H49N3O2. The molecule has 0 unspecified atom stereocenters. The molecule has 0 aromatic rings. The number of carbonyl (C=O) groups is 1. The predicted octanol–water partition coefficient (Wildman–Crippen LogP) is 6.78. The van der Waals surface area contributed by atoms with Gasteiger partial charge in [0.2, 0.25) is 0 Å². The van der Waals surface area contributed by atoms with Gasteiger partial charge in [-0.3, -0.25) is 4.79 Å². The Morgan fingerprint density at radius 3 is 1.60 bits per heavy atom. The smallest absolute Gasteiger partial charge is 0.306 e. The van der Waals surface area contributed by atoms with Gasteiger partial charge in [-0.05, 0) is 90.9 Å². The maximum absolute atomic E-state index is 12.2. The summed E-state index contributed by atoms with van der Waals surface area (Å²) < 4.78 is 5.84. The number of nitrogens with zero attached hydrogens (tertiary/aromatic N) is 1. The van der Waals surface area contributed by atoms with E-state index < -0.39 is 0 Å². The first-order valence-corrected chi connectivity index (χ1v) is 12.4. The molecule has 0 radical (unpaired) electrons. The van der Waals surface area contributed by atoms with Gasteiger partial charge in [0.15, 0.2) is 0 Å². The Kier molecular flexibility index (Phi) is 21.5. The van der Waals surface area contributed by atoms with Gasteiger partial charge in [-0.25, -0.2) is 0 Å². The summed E-state index contributed by atoms with van der Waals surface area (Å²) in [7, 11) is 4.06. The molecule has 2 N–H and O–H groups in total. The van der Waals surface area contributed by atoms with Gasteiger partial charge in [-0.15, -0.1) is 0 Å². The second-order valence-electron chi connectivity index (χ2n) is 8.82. The third-order valence-corrected chi connectivity index (χ3v) is 5.53. The van der Waals surface area contributed by atoms with Crippen LogP contribution in [0, 0.1) is 10.8 Å². The van der Waals surface area contributed by atoms with Crippen molar-refractivity contribution in [2.24, 2.45) is 0 Å². The molecule has 0 aromatic carbocycles. The van der Waals surface area contributed by atoms with E-state index in [1.54, 1.807) is 0 Å². The van der Waals surface area contributed by atoms with Gasteiger partial charge >= 0.3 is 5.97 Å². The monoisotopic (exact) mass is 423 g/mol. The first-order valence-electron chi connectivity index (χ1n) is 12.4. The van der Waals surface area contributed by atoms with Gasteiger partial charge in [0, 0.05) is 6.42 Å². The Labute approximate surface area is 186 Å². The highest BCUT2D eigenvalue weighted by Gasteiger charge is 2.14. The van der Waals surface area contributed by atoms with Crippen molar-refractivity contribution < 1.29 is 9.53 Å². The molecule has 0 atom stereocenters. The molecule has 0 fully saturated rings. The molecule has 0 aromatic heterocycles. The average Bonchev–Trinajstić information content (AvgIpc) is 2.71. The normalized spacial score (nSPS) is 12.1. The summed E-state index contributed by atoms with van der Waals surface area (Å²) >= 11 is 0. The van der Waals surface area contributed by atoms with E-state index in [1.807, 2.05) is 14.1 Å². The molecule has 0 rings (SSSR count). The summed E-state index contributed by atoms with van der Waals surface area (Å²) in [5.41, 5.74) is 0. The SMILES string of the molecule is CN(C)CCCC(=O)OC(CCCCCCCCC=N)CCCCCCCCC=N. The molecule has 0 aliphatic rings. The second kappa shape index (κ2) is 22.5. The highest BCUT2D eigenvalue weighted by Crippen LogP contribution is 2.18. The van der Waals surface area contributed by atoms with E-state index in [9.17, 15) is 4.79 Å². The molecule has 5 heteroatoms. The maximum Gasteiger partial charge on any atom is 0.306 e. The third-order valence-electron chi connectivity index (χ3n) is 5.53. The van der Waals surface area contributed by atoms with Crippen molar-refractivity contribution in [1.29, 1.82) is 10.8 Å². The lowest BCUT2D eigenvalue weighted by molar-refractivity contribution is -0.150. The zero-order valence-corrected chi connectivity index (χ0v) is 19.9. The van der Waals surface area contributed by atoms with Crippen LogP contribution in [0.2, 0.25) is 0 Å². The van der Waals surface area contributed by atoms with Crippen LogP contribution in [0.4, 0.5) is 0 Å². The van der Waals surface area contributed by atoms with Crippen molar-refractivity contribution in [3.8, 4) is 0 Å². The minimum atomic E-state index is -0.0276. The Morgan fingerprint density at radius 1 is 0.733 bits per heavy atom. The van der Waals surface area contributed by atoms with Crippen molar-refractivity contribution in [3.63, 3.8) is 0 Å². The number of ether oxygens (including phenoxy) is 1. The van der Waals surface area contributed by atoms with E-state index in [1.165, 1.54) is 63.8 Å². The standard InChI is InChI=1S/C25H49N3O2/c1-28(2)23-17-20-25(29)30-24(18-13-9-5-3-7-11-15-21-26)19-14-10-6-4-8-12-16-22-27/h21-22,24,26-27H,3-20,23H2,1-2H3. The number of hydrogen-bond donors (Lipinski definition) is 2. The van der Waals surface area contributed by atoms with Gasteiger partial charge < -0.3 is 20.5 Å². The van der Waals surface area contributed by atoms with Crippen LogP contribution >= 0.6 is 0 Å². The molecule has 0 aliphatic heterocycles. The summed E-state index contributed by atoms with van der Waals surface area (Å²) in [6.07, 6.45) is 22.7. The lowest BCUT2D eigenvalue weighted by Crippen LogP contribution is -2.20. The number of carbonyl (C=O) groups excluding carboxylic acids is 1. The Morgan fingerprint density at radius 2 is 1.17 bits per heavy atom. The van der Waals surface area contributed by atoms with Crippen molar-refractivity contribution in [1.82, 2.24) is 4.90 Å². The molecule has 0 spiro atoms. The predicted molar refractivity (Wildman–Crippen MR) is 129 cm³/mol. The first-order chi connectivity index (χ1) is 14.6. The van der Waals surface area contributed by atoms with Gasteiger partial charge in [-0.2, -0.15) is 0 Å². The van der Waals surface area contributed by atoms with Crippen molar-refractivity contribution in [2.75, 3.05) is 20.6 Å². The molecular weight excluding hydrogens is 374 g/mol. The fourth-order valence-electron chi connectivity index (χ4n) is 3.70. The number of unbranched alkanes of at least 4 members (excludes halogenated alkanes) is 12. The minimum absolute atomic E-state index is 0.0276. The van der Waals surface area contributed by atoms with Crippen LogP contribution in [0.3, 0.4) is 0 Å². The van der Waals surface area contributed by atoms with Gasteiger partial charge in [-0.1, -0.05) is 51.4 Å². The zero-order valence-electron chi connectivity index (χ0n) is 19.9. The quantitative estimate of drug-likeness (QED) is 0.108. The molecule has 0 saturated carbocycles. The lowest BCUT2D eigenvalue weighted by atomic mass is 10.0. The van der Waals surface area contributed by atoms with Gasteiger partial charge in [0.1, 0.15) is 6.10 Å². The molecule has 0 heterocycles. The van der Waals surface area contributed by atoms with E-state index in [0.717, 1.165) is 64.3 Å². The fraction of sp³-hybridized carbons (Fsp3) is 0.880. The topological polar surface area (TPSA) is 77.2 Å². The van der Waals surface area contributed by atoms with E-state index >= 15 is 0 Å². The number of rotatable bonds is 23. The summed E-state index contributed by atoms with van der Waals surface area (Å²) in [5.74, 6) is -0.0276. The molecule has 30 heavy (non-hydrogen) atoms. The fourth-order valence-corrected chi connectivity index (χ4v) is 3.70. The van der Waals surface area contributed by atoms with Crippen LogP contribution < -0.4 is 0 Å². The summed E-state index contributed by atoms with van der Waals surface area (Å²) in [6.45, 7) is 0.926. The van der Waals surface area contributed by atoms with E-state index in [-0.39, 0.29) is 12.1 Å². The molecule has 0 bridgehead atoms. The summed E-state index contributed by atoms with van der Waals surface area (Å²) in [5, 5.41) is 14.1. The minimum Gasteiger partial charge on any atom is -0.462 e. The van der Waals surface area contributed by atoms with Crippen LogP contribution in [0.25, 0.3) is 0 Å². The maximum atomic E-state index is 12.2. The van der Waals surface area contributed by atoms with E-state index in [0.29, 0.717) is 6.42 Å². The molecule has 0 amide bonds. The van der Waals surface area contributed by atoms with Crippen molar-refractivity contribution in [2.45, 2.75) is 122 Å². The summed E-state index contributed by atoms with van der Waals surface area (Å²) in [6, 6.07) is 0. The molecule has 176 valence electrons. The second-order valence-corrected chi connectivity index (χ2v) is 8.82. The van der Waals surface area contributed by atoms with Crippen molar-refractivity contribution in [3.05, 3.63) is 0 Å². The van der Waals surface area contributed by atoms with Crippen LogP contribution in [0.5, 0.6) is 0 Å². The van der Waals surface area contributed by atoms with Gasteiger partial charge in [0.25, 0.3) is 0 Å². The first kappa shape index (κ1) is 28.8. The van der Waals surface area contributed by atoms with E-state index in [4.69, 9.17) is 15.6 Å². The van der Waals surface area contributed by atoms with Crippen LogP contribution in [-0.4, -0.2) is 50.0 Å². The third kappa shape index (κ3) is 21.5. The molecule has 0 aliphatic carbocycles. The average molecular weight is 424 g/mol. The highest BCUT2D eigenvalue weighted by molar-refractivity contribution is 5.69. The largest absolute Gasteiger partial charge is 0.462 e. The zero-order chi connectivity index (χ0) is 22.3. The number of nitrogens with one attached hydrogen (secondary N) is 2. The number of esters is 1.